The quantitative estimate of drug-likeness (QED) is 0.605. The zero-order chi connectivity index (χ0) is 17.2. The largest absolute Gasteiger partial charge is 0.481 e. The Labute approximate surface area is 136 Å². The van der Waals surface area contributed by atoms with Crippen molar-refractivity contribution < 1.29 is 28.9 Å². The van der Waals surface area contributed by atoms with Gasteiger partial charge < -0.3 is 20.7 Å². The highest BCUT2D eigenvalue weighted by molar-refractivity contribution is 6.29. The lowest BCUT2D eigenvalue weighted by Crippen LogP contribution is -2.26. The third-order valence-corrected chi connectivity index (χ3v) is 4.09. The minimum atomic E-state index is -2.51. The minimum absolute atomic E-state index is 0.0520. The normalized spacial score (nSPS) is 27.4. The Morgan fingerprint density at radius 2 is 2.17 bits per heavy atom. The van der Waals surface area contributed by atoms with Gasteiger partial charge in [-0.05, 0) is 18.1 Å². The molecule has 1 saturated carbocycles. The van der Waals surface area contributed by atoms with E-state index in [9.17, 15) is 14.0 Å². The zero-order valence-electron chi connectivity index (χ0n) is 12.0. The second-order valence-electron chi connectivity index (χ2n) is 5.46. The number of pyridine rings is 1. The fraction of sp³-hybridized carbons (Fsp3) is 0.500. The van der Waals surface area contributed by atoms with Crippen molar-refractivity contribution in [2.45, 2.75) is 37.3 Å². The maximum atomic E-state index is 14.0. The third-order valence-electron chi connectivity index (χ3n) is 3.87. The summed E-state index contributed by atoms with van der Waals surface area (Å²) in [6, 6.07) is 2.06. The first-order chi connectivity index (χ1) is 10.7. The van der Waals surface area contributed by atoms with Gasteiger partial charge in [-0.1, -0.05) is 17.7 Å². The van der Waals surface area contributed by atoms with Crippen LogP contribution in [0, 0.1) is 5.92 Å². The van der Waals surface area contributed by atoms with Gasteiger partial charge >= 0.3 is 11.9 Å². The van der Waals surface area contributed by atoms with Crippen LogP contribution in [0.3, 0.4) is 0 Å². The molecule has 0 aromatic carbocycles. The number of halogens is 2. The summed E-state index contributed by atoms with van der Waals surface area (Å²) >= 11 is 5.66. The Morgan fingerprint density at radius 1 is 1.48 bits per heavy atom. The van der Waals surface area contributed by atoms with E-state index in [1.165, 1.54) is 6.20 Å². The molecule has 1 aromatic heterocycles. The molecule has 23 heavy (non-hydrogen) atoms. The Hall–Kier alpha value is -1.77. The van der Waals surface area contributed by atoms with Crippen molar-refractivity contribution in [2.24, 2.45) is 11.7 Å². The average Bonchev–Trinajstić information content (AvgIpc) is 3.00. The molecule has 1 heterocycles. The first-order valence-corrected chi connectivity index (χ1v) is 7.24. The number of carboxylic acid groups (broad SMARTS) is 2. The van der Waals surface area contributed by atoms with Crippen molar-refractivity contribution in [3.8, 4) is 0 Å². The number of carbonyl (C=O) groups is 2. The highest BCUT2D eigenvalue weighted by Gasteiger charge is 2.70. The number of nitrogens with two attached hydrogens (primary N) is 1. The number of rotatable bonds is 8. The maximum Gasteiger partial charge on any atom is 0.343 e. The lowest BCUT2D eigenvalue weighted by atomic mass is 10.1. The van der Waals surface area contributed by atoms with Gasteiger partial charge in [0.1, 0.15) is 5.15 Å². The molecule has 1 aromatic rings. The van der Waals surface area contributed by atoms with Crippen LogP contribution in [0.15, 0.2) is 18.3 Å². The zero-order valence-corrected chi connectivity index (χ0v) is 12.7. The van der Waals surface area contributed by atoms with Gasteiger partial charge in [0, 0.05) is 12.1 Å². The summed E-state index contributed by atoms with van der Waals surface area (Å²) in [5.74, 6) is -3.73. The Kier molecular flexibility index (Phi) is 5.18. The first kappa shape index (κ1) is 17.6. The highest BCUT2D eigenvalue weighted by Crippen LogP contribution is 2.49. The number of hydrogen-bond donors (Lipinski definition) is 3. The standard InChI is InChI=1S/C14H16ClFN2O5/c15-10-2-1-7(5-18-10)6-23-8(4-11(19)20)3-9-12(17)14(9,16)13(21)22/h1-2,5,8-9,12H,3-4,6,17H2,(H,19,20)(H,21,22)/t8-,9-,12?,14-/m1/s1. The average molecular weight is 347 g/mol. The molecule has 0 amide bonds. The predicted octanol–water partition coefficient (Wildman–Crippen LogP) is 1.23. The van der Waals surface area contributed by atoms with E-state index in [1.54, 1.807) is 12.1 Å². The molecule has 7 nitrogen and oxygen atoms in total. The van der Waals surface area contributed by atoms with Crippen LogP contribution in [-0.4, -0.2) is 45.0 Å². The van der Waals surface area contributed by atoms with E-state index in [4.69, 9.17) is 32.3 Å². The van der Waals surface area contributed by atoms with E-state index in [0.717, 1.165) is 0 Å². The number of nitrogens with zero attached hydrogens (tertiary/aromatic N) is 1. The second kappa shape index (κ2) is 6.77. The van der Waals surface area contributed by atoms with Gasteiger partial charge in [0.25, 0.3) is 0 Å². The summed E-state index contributed by atoms with van der Waals surface area (Å²) in [4.78, 5) is 25.6. The van der Waals surface area contributed by atoms with Crippen LogP contribution in [0.5, 0.6) is 0 Å². The number of alkyl halides is 1. The molecule has 1 fully saturated rings. The van der Waals surface area contributed by atoms with Crippen LogP contribution in [0.1, 0.15) is 18.4 Å². The molecule has 4 N–H and O–H groups in total. The summed E-state index contributed by atoms with van der Waals surface area (Å²) in [7, 11) is 0. The predicted molar refractivity (Wildman–Crippen MR) is 77.6 cm³/mol. The highest BCUT2D eigenvalue weighted by atomic mass is 35.5. The molecule has 0 bridgehead atoms. The molecule has 0 saturated heterocycles. The molecule has 0 spiro atoms. The van der Waals surface area contributed by atoms with Gasteiger partial charge in [0.2, 0.25) is 5.67 Å². The van der Waals surface area contributed by atoms with E-state index in [0.29, 0.717) is 10.7 Å². The molecule has 1 aliphatic rings. The summed E-state index contributed by atoms with van der Waals surface area (Å²) in [5, 5.41) is 18.1. The van der Waals surface area contributed by atoms with E-state index < -0.39 is 35.7 Å². The Balaban J connectivity index is 1.96. The number of aromatic nitrogens is 1. The molecule has 0 radical (unpaired) electrons. The summed E-state index contributed by atoms with van der Waals surface area (Å²) in [6.45, 7) is 0.0520. The fourth-order valence-electron chi connectivity index (χ4n) is 2.47. The van der Waals surface area contributed by atoms with Gasteiger partial charge in [0.15, 0.2) is 0 Å². The van der Waals surface area contributed by atoms with Crippen molar-refractivity contribution >= 4 is 23.5 Å². The number of ether oxygens (including phenoxy) is 1. The van der Waals surface area contributed by atoms with Gasteiger partial charge in [-0.15, -0.1) is 0 Å². The smallest absolute Gasteiger partial charge is 0.343 e. The van der Waals surface area contributed by atoms with Gasteiger partial charge in [-0.25, -0.2) is 14.2 Å². The van der Waals surface area contributed by atoms with E-state index in [1.807, 2.05) is 0 Å². The maximum absolute atomic E-state index is 14.0. The number of hydrogen-bond acceptors (Lipinski definition) is 5. The van der Waals surface area contributed by atoms with E-state index in [2.05, 4.69) is 4.98 Å². The van der Waals surface area contributed by atoms with Crippen LogP contribution in [0.4, 0.5) is 4.39 Å². The monoisotopic (exact) mass is 346 g/mol. The minimum Gasteiger partial charge on any atom is -0.481 e. The van der Waals surface area contributed by atoms with Crippen molar-refractivity contribution in [1.29, 1.82) is 0 Å². The van der Waals surface area contributed by atoms with E-state index in [-0.39, 0.29) is 19.4 Å². The lowest BCUT2D eigenvalue weighted by molar-refractivity contribution is -0.145. The van der Waals surface area contributed by atoms with E-state index >= 15 is 0 Å². The number of carboxylic acids is 2. The molecule has 2 rings (SSSR count). The van der Waals surface area contributed by atoms with Crippen LogP contribution in [0.2, 0.25) is 5.15 Å². The molecule has 126 valence electrons. The van der Waals surface area contributed by atoms with Crippen LogP contribution in [0.25, 0.3) is 0 Å². The van der Waals surface area contributed by atoms with Crippen LogP contribution < -0.4 is 5.73 Å². The summed E-state index contributed by atoms with van der Waals surface area (Å²) in [5.41, 5.74) is 3.62. The molecule has 1 unspecified atom stereocenters. The van der Waals surface area contributed by atoms with Gasteiger partial charge in [0.05, 0.1) is 25.2 Å². The SMILES string of the molecule is NC1[C@@H](C[C@H](CC(=O)O)OCc2ccc(Cl)nc2)[C@]1(F)C(=O)O. The molecular formula is C14H16ClFN2O5. The fourth-order valence-corrected chi connectivity index (χ4v) is 2.58. The van der Waals surface area contributed by atoms with Gasteiger partial charge in [-0.3, -0.25) is 4.79 Å². The van der Waals surface area contributed by atoms with Crippen molar-refractivity contribution in [3.63, 3.8) is 0 Å². The van der Waals surface area contributed by atoms with Gasteiger partial charge in [-0.2, -0.15) is 0 Å². The summed E-state index contributed by atoms with van der Waals surface area (Å²) < 4.78 is 19.5. The van der Waals surface area contributed by atoms with Crippen LogP contribution >= 0.6 is 11.6 Å². The molecule has 1 aliphatic carbocycles. The molecule has 9 heteroatoms. The lowest BCUT2D eigenvalue weighted by Gasteiger charge is -2.16. The Morgan fingerprint density at radius 3 is 2.65 bits per heavy atom. The number of aliphatic carboxylic acids is 2. The molecular weight excluding hydrogens is 331 g/mol. The Bertz CT molecular complexity index is 599. The third kappa shape index (κ3) is 3.95. The first-order valence-electron chi connectivity index (χ1n) is 6.86. The van der Waals surface area contributed by atoms with Crippen LogP contribution in [-0.2, 0) is 20.9 Å². The van der Waals surface area contributed by atoms with Crippen molar-refractivity contribution in [2.75, 3.05) is 0 Å². The van der Waals surface area contributed by atoms with Crippen molar-refractivity contribution in [1.82, 2.24) is 4.98 Å². The molecule has 4 atom stereocenters. The molecule has 0 aliphatic heterocycles. The summed E-state index contributed by atoms with van der Waals surface area (Å²) in [6.07, 6.45) is 0.160. The van der Waals surface area contributed by atoms with Crippen molar-refractivity contribution in [3.05, 3.63) is 29.0 Å². The second-order valence-corrected chi connectivity index (χ2v) is 5.85. The topological polar surface area (TPSA) is 123 Å².